The highest BCUT2D eigenvalue weighted by atomic mass is 16.5. The third-order valence-corrected chi connectivity index (χ3v) is 5.87. The summed E-state index contributed by atoms with van der Waals surface area (Å²) in [6, 6.07) is 13.1. The lowest BCUT2D eigenvalue weighted by Crippen LogP contribution is -2.38. The highest BCUT2D eigenvalue weighted by Crippen LogP contribution is 2.32. The molecular weight excluding hydrogens is 352 g/mol. The first-order valence-corrected chi connectivity index (χ1v) is 10.2. The molecule has 4 heterocycles. The van der Waals surface area contributed by atoms with E-state index in [1.807, 2.05) is 13.0 Å². The van der Waals surface area contributed by atoms with Gasteiger partial charge < -0.3 is 18.9 Å². The van der Waals surface area contributed by atoms with Crippen molar-refractivity contribution < 1.29 is 9.47 Å². The molecule has 2 aliphatic rings. The van der Waals surface area contributed by atoms with E-state index in [0.29, 0.717) is 6.04 Å². The maximum atomic E-state index is 6.44. The van der Waals surface area contributed by atoms with Gasteiger partial charge >= 0.3 is 0 Å². The number of fused-ring (bicyclic) bond motifs is 1. The third-order valence-electron chi connectivity index (χ3n) is 5.87. The van der Waals surface area contributed by atoms with Crippen LogP contribution in [0, 0.1) is 6.92 Å². The summed E-state index contributed by atoms with van der Waals surface area (Å²) in [5, 5.41) is 9.69. The Bertz CT molecular complexity index is 939. The molecular formula is C22H26N4O2. The van der Waals surface area contributed by atoms with Crippen LogP contribution in [0.4, 0.5) is 5.82 Å². The van der Waals surface area contributed by atoms with E-state index in [4.69, 9.17) is 9.47 Å². The molecule has 0 bridgehead atoms. The molecule has 6 nitrogen and oxygen atoms in total. The van der Waals surface area contributed by atoms with Gasteiger partial charge in [-0.2, -0.15) is 5.10 Å². The molecule has 0 radical (unpaired) electrons. The van der Waals surface area contributed by atoms with E-state index in [9.17, 15) is 0 Å². The number of nitrogens with zero attached hydrogens (tertiary/aromatic N) is 4. The van der Waals surface area contributed by atoms with Crippen LogP contribution < -0.4 is 9.64 Å². The van der Waals surface area contributed by atoms with Gasteiger partial charge in [0.2, 0.25) is 0 Å². The summed E-state index contributed by atoms with van der Waals surface area (Å²) in [6.07, 6.45) is 5.47. The Morgan fingerprint density at radius 2 is 1.93 bits per heavy atom. The molecule has 0 amide bonds. The van der Waals surface area contributed by atoms with Crippen molar-refractivity contribution in [2.75, 3.05) is 31.2 Å². The highest BCUT2D eigenvalue weighted by Gasteiger charge is 2.23. The normalized spacial score (nSPS) is 20.8. The SMILES string of the molecule is Cc1ccc(N2CCC(Oc3cccc4c3ccn4C3CCOC3)CC2)nn1. The largest absolute Gasteiger partial charge is 0.490 e. The molecule has 0 aliphatic carbocycles. The second-order valence-corrected chi connectivity index (χ2v) is 7.77. The van der Waals surface area contributed by atoms with Crippen LogP contribution >= 0.6 is 0 Å². The van der Waals surface area contributed by atoms with Crippen LogP contribution in [0.3, 0.4) is 0 Å². The Kier molecular flexibility index (Phi) is 4.64. The van der Waals surface area contributed by atoms with Crippen LogP contribution in [0.2, 0.25) is 0 Å². The van der Waals surface area contributed by atoms with Crippen LogP contribution in [0.5, 0.6) is 5.75 Å². The molecule has 2 saturated heterocycles. The van der Waals surface area contributed by atoms with Crippen LogP contribution in [0.1, 0.15) is 31.0 Å². The Morgan fingerprint density at radius 3 is 2.68 bits per heavy atom. The van der Waals surface area contributed by atoms with Gasteiger partial charge in [-0.1, -0.05) is 6.07 Å². The monoisotopic (exact) mass is 378 g/mol. The Morgan fingerprint density at radius 1 is 1.04 bits per heavy atom. The van der Waals surface area contributed by atoms with E-state index in [0.717, 1.165) is 62.8 Å². The lowest BCUT2D eigenvalue weighted by atomic mass is 10.1. The predicted octanol–water partition coefficient (Wildman–Crippen LogP) is 3.75. The van der Waals surface area contributed by atoms with Crippen molar-refractivity contribution in [3.8, 4) is 5.75 Å². The molecule has 2 aromatic heterocycles. The molecule has 1 atom stereocenters. The van der Waals surface area contributed by atoms with Crippen molar-refractivity contribution in [2.45, 2.75) is 38.3 Å². The number of rotatable bonds is 4. The van der Waals surface area contributed by atoms with Gasteiger partial charge in [0.1, 0.15) is 11.9 Å². The number of hydrogen-bond acceptors (Lipinski definition) is 5. The minimum Gasteiger partial charge on any atom is -0.490 e. The standard InChI is InChI=1S/C22H26N4O2/c1-16-5-6-22(24-23-16)25-11-7-18(8-12-25)28-21-4-2-3-20-19(21)9-13-26(20)17-10-14-27-15-17/h2-6,9,13,17-18H,7-8,10-12,14-15H2,1H3. The average molecular weight is 378 g/mol. The van der Waals surface area contributed by atoms with E-state index >= 15 is 0 Å². The van der Waals surface area contributed by atoms with Gasteiger partial charge in [-0.25, -0.2) is 0 Å². The number of hydrogen-bond donors (Lipinski definition) is 0. The molecule has 0 N–H and O–H groups in total. The summed E-state index contributed by atoms with van der Waals surface area (Å²) in [5.74, 6) is 1.95. The van der Waals surface area contributed by atoms with Gasteiger partial charge in [-0.15, -0.1) is 5.10 Å². The highest BCUT2D eigenvalue weighted by molar-refractivity contribution is 5.86. The Balaban J connectivity index is 1.28. The van der Waals surface area contributed by atoms with Crippen molar-refractivity contribution in [1.29, 1.82) is 0 Å². The molecule has 1 aromatic carbocycles. The van der Waals surface area contributed by atoms with Gasteiger partial charge in [0.25, 0.3) is 0 Å². The summed E-state index contributed by atoms with van der Waals surface area (Å²) in [5.41, 5.74) is 2.19. The molecule has 1 unspecified atom stereocenters. The Labute approximate surface area is 165 Å². The third kappa shape index (κ3) is 3.33. The van der Waals surface area contributed by atoms with Crippen molar-refractivity contribution in [1.82, 2.24) is 14.8 Å². The van der Waals surface area contributed by atoms with Crippen LogP contribution in [-0.2, 0) is 4.74 Å². The second kappa shape index (κ2) is 7.43. The summed E-state index contributed by atoms with van der Waals surface area (Å²) in [4.78, 5) is 2.30. The molecule has 3 aromatic rings. The van der Waals surface area contributed by atoms with Gasteiger partial charge in [-0.05, 0) is 43.7 Å². The molecule has 146 valence electrons. The number of aromatic nitrogens is 3. The van der Waals surface area contributed by atoms with Crippen molar-refractivity contribution >= 4 is 16.7 Å². The predicted molar refractivity (Wildman–Crippen MR) is 109 cm³/mol. The second-order valence-electron chi connectivity index (χ2n) is 7.77. The van der Waals surface area contributed by atoms with Crippen molar-refractivity contribution in [3.63, 3.8) is 0 Å². The summed E-state index contributed by atoms with van der Waals surface area (Å²) < 4.78 is 14.4. The Hall–Kier alpha value is -2.60. The van der Waals surface area contributed by atoms with E-state index in [-0.39, 0.29) is 6.10 Å². The zero-order chi connectivity index (χ0) is 18.9. The first kappa shape index (κ1) is 17.5. The molecule has 0 saturated carbocycles. The summed E-state index contributed by atoms with van der Waals surface area (Å²) >= 11 is 0. The lowest BCUT2D eigenvalue weighted by Gasteiger charge is -2.32. The fourth-order valence-electron chi connectivity index (χ4n) is 4.27. The zero-order valence-corrected chi connectivity index (χ0v) is 16.3. The van der Waals surface area contributed by atoms with E-state index < -0.39 is 0 Å². The first-order valence-electron chi connectivity index (χ1n) is 10.2. The minimum absolute atomic E-state index is 0.235. The summed E-state index contributed by atoms with van der Waals surface area (Å²) in [6.45, 7) is 5.50. The fourth-order valence-corrected chi connectivity index (χ4v) is 4.27. The maximum Gasteiger partial charge on any atom is 0.151 e. The number of aryl methyl sites for hydroxylation is 1. The van der Waals surface area contributed by atoms with Crippen molar-refractivity contribution in [3.05, 3.63) is 48.3 Å². The zero-order valence-electron chi connectivity index (χ0n) is 16.3. The molecule has 2 aliphatic heterocycles. The van der Waals surface area contributed by atoms with E-state index in [1.54, 1.807) is 0 Å². The van der Waals surface area contributed by atoms with Gasteiger partial charge in [0.15, 0.2) is 5.82 Å². The van der Waals surface area contributed by atoms with Crippen LogP contribution in [-0.4, -0.2) is 47.2 Å². The quantitative estimate of drug-likeness (QED) is 0.692. The number of anilines is 1. The van der Waals surface area contributed by atoms with E-state index in [1.165, 1.54) is 10.9 Å². The maximum absolute atomic E-state index is 6.44. The average Bonchev–Trinajstić information content (AvgIpc) is 3.39. The minimum atomic E-state index is 0.235. The molecule has 28 heavy (non-hydrogen) atoms. The fraction of sp³-hybridized carbons (Fsp3) is 0.455. The molecule has 2 fully saturated rings. The van der Waals surface area contributed by atoms with Gasteiger partial charge in [0, 0.05) is 44.1 Å². The van der Waals surface area contributed by atoms with Gasteiger partial charge in [0.05, 0.1) is 23.9 Å². The number of ether oxygens (including phenoxy) is 2. The van der Waals surface area contributed by atoms with Crippen LogP contribution in [0.25, 0.3) is 10.9 Å². The smallest absolute Gasteiger partial charge is 0.151 e. The number of benzene rings is 1. The molecule has 6 heteroatoms. The molecule has 5 rings (SSSR count). The number of piperidine rings is 1. The van der Waals surface area contributed by atoms with Gasteiger partial charge in [-0.3, -0.25) is 0 Å². The topological polar surface area (TPSA) is 52.4 Å². The summed E-state index contributed by atoms with van der Waals surface area (Å²) in [7, 11) is 0. The van der Waals surface area contributed by atoms with Crippen molar-refractivity contribution in [2.24, 2.45) is 0 Å². The van der Waals surface area contributed by atoms with Crippen LogP contribution in [0.15, 0.2) is 42.6 Å². The lowest BCUT2D eigenvalue weighted by molar-refractivity contribution is 0.173. The van der Waals surface area contributed by atoms with E-state index in [2.05, 4.69) is 56.2 Å². The molecule has 0 spiro atoms. The first-order chi connectivity index (χ1) is 13.8.